The van der Waals surface area contributed by atoms with Crippen molar-refractivity contribution >= 4 is 22.1 Å². The lowest BCUT2D eigenvalue weighted by Crippen LogP contribution is -2.08. The molecule has 2 aromatic carbocycles. The summed E-state index contributed by atoms with van der Waals surface area (Å²) in [5, 5.41) is 2.06. The molecule has 2 N–H and O–H groups in total. The molecule has 0 fully saturated rings. The summed E-state index contributed by atoms with van der Waals surface area (Å²) >= 11 is 0. The molecule has 106 valence electrons. The van der Waals surface area contributed by atoms with Crippen LogP contribution in [0.2, 0.25) is 0 Å². The molecule has 4 nitrogen and oxygen atoms in total. The summed E-state index contributed by atoms with van der Waals surface area (Å²) in [6.07, 6.45) is 1.74. The van der Waals surface area contributed by atoms with Gasteiger partial charge in [-0.3, -0.25) is 0 Å². The highest BCUT2D eigenvalue weighted by Crippen LogP contribution is 2.33. The Morgan fingerprint density at radius 1 is 1.05 bits per heavy atom. The van der Waals surface area contributed by atoms with E-state index in [0.717, 1.165) is 16.5 Å². The Balaban J connectivity index is 2.04. The van der Waals surface area contributed by atoms with Crippen LogP contribution in [0.15, 0.2) is 54.7 Å². The maximum atomic E-state index is 6.01. The van der Waals surface area contributed by atoms with E-state index in [1.165, 1.54) is 0 Å². The highest BCUT2D eigenvalue weighted by molar-refractivity contribution is 5.87. The molecule has 1 heterocycles. The molecule has 0 saturated heterocycles. The van der Waals surface area contributed by atoms with Gasteiger partial charge in [-0.2, -0.15) is 0 Å². The Morgan fingerprint density at radius 2 is 1.86 bits per heavy atom. The molecular formula is C17H17N3O. The predicted molar refractivity (Wildman–Crippen MR) is 87.0 cm³/mol. The second-order valence-electron chi connectivity index (χ2n) is 5.06. The SMILES string of the molecule is CN(C)c1ccc(N)c(Oc2nccc3ccccc23)c1. The maximum Gasteiger partial charge on any atom is 0.227 e. The van der Waals surface area contributed by atoms with Gasteiger partial charge in [0.25, 0.3) is 0 Å². The molecule has 3 rings (SSSR count). The Bertz CT molecular complexity index is 779. The Kier molecular flexibility index (Phi) is 3.36. The van der Waals surface area contributed by atoms with Gasteiger partial charge in [-0.05, 0) is 29.7 Å². The van der Waals surface area contributed by atoms with E-state index in [4.69, 9.17) is 10.5 Å². The number of fused-ring (bicyclic) bond motifs is 1. The van der Waals surface area contributed by atoms with E-state index in [-0.39, 0.29) is 0 Å². The summed E-state index contributed by atoms with van der Waals surface area (Å²) < 4.78 is 5.95. The third-order valence-corrected chi connectivity index (χ3v) is 3.36. The van der Waals surface area contributed by atoms with Crippen molar-refractivity contribution in [2.24, 2.45) is 0 Å². The van der Waals surface area contributed by atoms with Crippen molar-refractivity contribution in [3.05, 3.63) is 54.7 Å². The smallest absolute Gasteiger partial charge is 0.227 e. The standard InChI is InChI=1S/C17H17N3O/c1-20(2)13-7-8-15(18)16(11-13)21-17-14-6-4-3-5-12(14)9-10-19-17/h3-11H,18H2,1-2H3. The van der Waals surface area contributed by atoms with Crippen LogP contribution in [0.1, 0.15) is 0 Å². The lowest BCUT2D eigenvalue weighted by atomic mass is 10.2. The van der Waals surface area contributed by atoms with Gasteiger partial charge in [-0.25, -0.2) is 4.98 Å². The molecule has 1 aromatic heterocycles. The monoisotopic (exact) mass is 279 g/mol. The average molecular weight is 279 g/mol. The van der Waals surface area contributed by atoms with E-state index in [0.29, 0.717) is 17.3 Å². The number of benzene rings is 2. The average Bonchev–Trinajstić information content (AvgIpc) is 2.49. The molecule has 3 aromatic rings. The summed E-state index contributed by atoms with van der Waals surface area (Å²) in [5.41, 5.74) is 7.63. The van der Waals surface area contributed by atoms with Gasteiger partial charge < -0.3 is 15.4 Å². The molecule has 0 amide bonds. The first-order valence-corrected chi connectivity index (χ1v) is 6.73. The molecule has 0 saturated carbocycles. The molecule has 0 spiro atoms. The van der Waals surface area contributed by atoms with E-state index in [9.17, 15) is 0 Å². The third-order valence-electron chi connectivity index (χ3n) is 3.36. The quantitative estimate of drug-likeness (QED) is 0.743. The summed E-state index contributed by atoms with van der Waals surface area (Å²) in [7, 11) is 3.96. The minimum absolute atomic E-state index is 0.565. The topological polar surface area (TPSA) is 51.4 Å². The van der Waals surface area contributed by atoms with Gasteiger partial charge in [-0.15, -0.1) is 0 Å². The summed E-state index contributed by atoms with van der Waals surface area (Å²) in [6, 6.07) is 15.7. The van der Waals surface area contributed by atoms with Crippen molar-refractivity contribution < 1.29 is 4.74 Å². The van der Waals surface area contributed by atoms with E-state index >= 15 is 0 Å². The molecule has 0 aliphatic rings. The summed E-state index contributed by atoms with van der Waals surface area (Å²) in [4.78, 5) is 6.33. The fourth-order valence-corrected chi connectivity index (χ4v) is 2.17. The molecule has 4 heteroatoms. The van der Waals surface area contributed by atoms with Gasteiger partial charge in [0.1, 0.15) is 0 Å². The predicted octanol–water partition coefficient (Wildman–Crippen LogP) is 3.68. The Morgan fingerprint density at radius 3 is 2.67 bits per heavy atom. The largest absolute Gasteiger partial charge is 0.436 e. The number of nitrogens with two attached hydrogens (primary N) is 1. The number of ether oxygens (including phenoxy) is 1. The van der Waals surface area contributed by atoms with Crippen LogP contribution in [0.3, 0.4) is 0 Å². The van der Waals surface area contributed by atoms with Crippen LogP contribution in [0, 0.1) is 0 Å². The molecule has 0 unspecified atom stereocenters. The minimum atomic E-state index is 0.565. The molecular weight excluding hydrogens is 262 g/mol. The van der Waals surface area contributed by atoms with Crippen LogP contribution in [0.25, 0.3) is 10.8 Å². The van der Waals surface area contributed by atoms with Gasteiger partial charge in [0, 0.05) is 37.4 Å². The Hall–Kier alpha value is -2.75. The minimum Gasteiger partial charge on any atom is -0.436 e. The van der Waals surface area contributed by atoms with Crippen LogP contribution in [0.4, 0.5) is 11.4 Å². The third kappa shape index (κ3) is 2.60. The molecule has 0 radical (unpaired) electrons. The van der Waals surface area contributed by atoms with Crippen molar-refractivity contribution in [2.75, 3.05) is 24.7 Å². The number of nitrogens with zero attached hydrogens (tertiary/aromatic N) is 2. The molecule has 0 bridgehead atoms. The zero-order valence-corrected chi connectivity index (χ0v) is 12.1. The fourth-order valence-electron chi connectivity index (χ4n) is 2.17. The van der Waals surface area contributed by atoms with Crippen molar-refractivity contribution in [2.45, 2.75) is 0 Å². The number of rotatable bonds is 3. The number of hydrogen-bond donors (Lipinski definition) is 1. The molecule has 0 atom stereocenters. The lowest BCUT2D eigenvalue weighted by molar-refractivity contribution is 0.471. The summed E-state index contributed by atoms with van der Waals surface area (Å²) in [5.74, 6) is 1.18. The second kappa shape index (κ2) is 5.32. The fraction of sp³-hybridized carbons (Fsp3) is 0.118. The van der Waals surface area contributed by atoms with Gasteiger partial charge >= 0.3 is 0 Å². The zero-order chi connectivity index (χ0) is 14.8. The van der Waals surface area contributed by atoms with E-state index in [1.54, 1.807) is 6.20 Å². The van der Waals surface area contributed by atoms with Crippen LogP contribution >= 0.6 is 0 Å². The number of anilines is 2. The lowest BCUT2D eigenvalue weighted by Gasteiger charge is -2.15. The zero-order valence-electron chi connectivity index (χ0n) is 12.1. The van der Waals surface area contributed by atoms with Crippen LogP contribution < -0.4 is 15.4 Å². The van der Waals surface area contributed by atoms with Gasteiger partial charge in [-0.1, -0.05) is 18.2 Å². The number of hydrogen-bond acceptors (Lipinski definition) is 4. The van der Waals surface area contributed by atoms with Crippen molar-refractivity contribution in [3.63, 3.8) is 0 Å². The van der Waals surface area contributed by atoms with E-state index in [2.05, 4.69) is 4.98 Å². The normalized spacial score (nSPS) is 10.6. The number of nitrogen functional groups attached to an aromatic ring is 1. The van der Waals surface area contributed by atoms with E-state index in [1.807, 2.05) is 67.5 Å². The molecule has 0 aliphatic carbocycles. The van der Waals surface area contributed by atoms with Crippen LogP contribution in [-0.2, 0) is 0 Å². The molecule has 21 heavy (non-hydrogen) atoms. The first kappa shape index (κ1) is 13.2. The molecule has 0 aliphatic heterocycles. The van der Waals surface area contributed by atoms with E-state index < -0.39 is 0 Å². The van der Waals surface area contributed by atoms with Crippen molar-refractivity contribution in [1.29, 1.82) is 0 Å². The number of aromatic nitrogens is 1. The van der Waals surface area contributed by atoms with Crippen LogP contribution in [0.5, 0.6) is 11.6 Å². The van der Waals surface area contributed by atoms with Gasteiger partial charge in [0.2, 0.25) is 5.88 Å². The highest BCUT2D eigenvalue weighted by atomic mass is 16.5. The van der Waals surface area contributed by atoms with Crippen LogP contribution in [-0.4, -0.2) is 19.1 Å². The number of pyridine rings is 1. The van der Waals surface area contributed by atoms with Crippen molar-refractivity contribution in [3.8, 4) is 11.6 Å². The first-order chi connectivity index (χ1) is 10.1. The maximum absolute atomic E-state index is 6.01. The second-order valence-corrected chi connectivity index (χ2v) is 5.06. The van der Waals surface area contributed by atoms with Crippen molar-refractivity contribution in [1.82, 2.24) is 4.98 Å². The summed E-state index contributed by atoms with van der Waals surface area (Å²) in [6.45, 7) is 0. The first-order valence-electron chi connectivity index (χ1n) is 6.73. The Labute approximate surface area is 123 Å². The van der Waals surface area contributed by atoms with Gasteiger partial charge in [0.15, 0.2) is 5.75 Å². The van der Waals surface area contributed by atoms with Gasteiger partial charge in [0.05, 0.1) is 5.69 Å². The highest BCUT2D eigenvalue weighted by Gasteiger charge is 2.09.